The first-order chi connectivity index (χ1) is 9.54. The molecule has 2 nitrogen and oxygen atoms in total. The molecule has 0 heterocycles. The highest BCUT2D eigenvalue weighted by atomic mass is 35.5. The van der Waals surface area contributed by atoms with Crippen LogP contribution in [0.5, 0.6) is 0 Å². The Labute approximate surface area is 130 Å². The smallest absolute Gasteiger partial charge is 0.106 e. The molecule has 0 unspecified atom stereocenters. The Bertz CT molecular complexity index is 640. The number of benzene rings is 2. The first-order valence-electron chi connectivity index (χ1n) is 6.47. The Hall–Kier alpha value is -1.58. The highest BCUT2D eigenvalue weighted by Gasteiger charge is 2.15. The lowest BCUT2D eigenvalue weighted by Crippen LogP contribution is -2.22. The van der Waals surface area contributed by atoms with Gasteiger partial charge in [-0.2, -0.15) is 0 Å². The summed E-state index contributed by atoms with van der Waals surface area (Å²) in [6.07, 6.45) is 0. The lowest BCUT2D eigenvalue weighted by Gasteiger charge is -2.27. The fourth-order valence-corrected chi connectivity index (χ4v) is 2.61. The highest BCUT2D eigenvalue weighted by Crippen LogP contribution is 2.32. The number of para-hydroxylation sites is 1. The van der Waals surface area contributed by atoms with Crippen LogP contribution in [-0.4, -0.2) is 11.5 Å². The molecule has 0 atom stereocenters. The van der Waals surface area contributed by atoms with Crippen LogP contribution in [0.15, 0.2) is 42.5 Å². The molecular formula is C16H17ClN2S. The summed E-state index contributed by atoms with van der Waals surface area (Å²) in [6.45, 7) is 4.99. The molecule has 0 aliphatic heterocycles. The van der Waals surface area contributed by atoms with Crippen LogP contribution in [0.2, 0.25) is 5.02 Å². The van der Waals surface area contributed by atoms with Gasteiger partial charge in [-0.25, -0.2) is 0 Å². The summed E-state index contributed by atoms with van der Waals surface area (Å²) in [6, 6.07) is 13.8. The van der Waals surface area contributed by atoms with E-state index >= 15 is 0 Å². The fourth-order valence-electron chi connectivity index (χ4n) is 2.27. The standard InChI is InChI=1S/C16H17ClN2S/c1-3-19(14-7-5-4-6-11(14)2)15-10-12(17)8-9-13(15)16(18)20/h4-10H,3H2,1-2H3,(H2,18,20). The van der Waals surface area contributed by atoms with Crippen LogP contribution in [-0.2, 0) is 0 Å². The monoisotopic (exact) mass is 304 g/mol. The molecule has 0 bridgehead atoms. The van der Waals surface area contributed by atoms with Crippen LogP contribution >= 0.6 is 23.8 Å². The summed E-state index contributed by atoms with van der Waals surface area (Å²) in [7, 11) is 0. The van der Waals surface area contributed by atoms with E-state index in [2.05, 4.69) is 30.9 Å². The van der Waals surface area contributed by atoms with Gasteiger partial charge in [-0.3, -0.25) is 0 Å². The van der Waals surface area contributed by atoms with Gasteiger partial charge < -0.3 is 10.6 Å². The van der Waals surface area contributed by atoms with Gasteiger partial charge in [-0.1, -0.05) is 42.0 Å². The zero-order chi connectivity index (χ0) is 14.7. The topological polar surface area (TPSA) is 29.3 Å². The van der Waals surface area contributed by atoms with Crippen molar-refractivity contribution in [1.82, 2.24) is 0 Å². The Balaban J connectivity index is 2.60. The Morgan fingerprint density at radius 3 is 2.50 bits per heavy atom. The number of hydrogen-bond acceptors (Lipinski definition) is 2. The van der Waals surface area contributed by atoms with Crippen molar-refractivity contribution in [1.29, 1.82) is 0 Å². The summed E-state index contributed by atoms with van der Waals surface area (Å²) in [4.78, 5) is 2.55. The number of halogens is 1. The average molecular weight is 305 g/mol. The normalized spacial score (nSPS) is 10.3. The SMILES string of the molecule is CCN(c1ccccc1C)c1cc(Cl)ccc1C(N)=S. The number of aryl methyl sites for hydroxylation is 1. The Morgan fingerprint density at radius 2 is 1.90 bits per heavy atom. The quantitative estimate of drug-likeness (QED) is 0.847. The minimum absolute atomic E-state index is 0.378. The molecule has 2 N–H and O–H groups in total. The molecule has 0 radical (unpaired) electrons. The molecule has 2 aromatic rings. The van der Waals surface area contributed by atoms with Gasteiger partial charge in [0.1, 0.15) is 4.99 Å². The van der Waals surface area contributed by atoms with E-state index < -0.39 is 0 Å². The third-order valence-electron chi connectivity index (χ3n) is 3.24. The first kappa shape index (κ1) is 14.8. The van der Waals surface area contributed by atoms with E-state index in [1.807, 2.05) is 30.3 Å². The summed E-state index contributed by atoms with van der Waals surface area (Å²) in [5.41, 5.74) is 9.95. The van der Waals surface area contributed by atoms with Crippen LogP contribution in [0.3, 0.4) is 0 Å². The predicted molar refractivity (Wildman–Crippen MR) is 91.2 cm³/mol. The molecule has 0 fully saturated rings. The van der Waals surface area contributed by atoms with Gasteiger partial charge in [0.25, 0.3) is 0 Å². The van der Waals surface area contributed by atoms with Crippen LogP contribution in [0.4, 0.5) is 11.4 Å². The van der Waals surface area contributed by atoms with Crippen molar-refractivity contribution < 1.29 is 0 Å². The molecule has 0 amide bonds. The molecule has 0 spiro atoms. The van der Waals surface area contributed by atoms with E-state index in [-0.39, 0.29) is 0 Å². The van der Waals surface area contributed by atoms with Crippen molar-refractivity contribution in [3.05, 3.63) is 58.6 Å². The molecule has 2 aromatic carbocycles. The maximum Gasteiger partial charge on any atom is 0.106 e. The minimum Gasteiger partial charge on any atom is -0.389 e. The van der Waals surface area contributed by atoms with Gasteiger partial charge in [0.2, 0.25) is 0 Å². The number of anilines is 2. The van der Waals surface area contributed by atoms with Crippen molar-refractivity contribution >= 4 is 40.2 Å². The van der Waals surface area contributed by atoms with Gasteiger partial charge >= 0.3 is 0 Å². The third kappa shape index (κ3) is 2.94. The summed E-state index contributed by atoms with van der Waals surface area (Å²) in [5.74, 6) is 0. The number of rotatable bonds is 4. The lowest BCUT2D eigenvalue weighted by molar-refractivity contribution is 1.01. The Kier molecular flexibility index (Phi) is 4.63. The van der Waals surface area contributed by atoms with Crippen molar-refractivity contribution in [3.8, 4) is 0 Å². The van der Waals surface area contributed by atoms with Crippen LogP contribution in [0.25, 0.3) is 0 Å². The molecule has 4 heteroatoms. The van der Waals surface area contributed by atoms with Gasteiger partial charge in [0, 0.05) is 22.8 Å². The molecule has 2 rings (SSSR count). The number of nitrogens with zero attached hydrogens (tertiary/aromatic N) is 1. The van der Waals surface area contributed by atoms with Gasteiger partial charge in [-0.05, 0) is 43.7 Å². The van der Waals surface area contributed by atoms with E-state index in [1.54, 1.807) is 0 Å². The summed E-state index contributed by atoms with van der Waals surface area (Å²) >= 11 is 11.3. The number of thiocarbonyl (C=S) groups is 1. The zero-order valence-electron chi connectivity index (χ0n) is 11.6. The van der Waals surface area contributed by atoms with Crippen LogP contribution in [0.1, 0.15) is 18.1 Å². The second-order valence-electron chi connectivity index (χ2n) is 4.56. The second kappa shape index (κ2) is 6.25. The molecule has 0 aromatic heterocycles. The maximum atomic E-state index is 6.14. The van der Waals surface area contributed by atoms with E-state index in [0.717, 1.165) is 23.5 Å². The van der Waals surface area contributed by atoms with Crippen LogP contribution < -0.4 is 10.6 Å². The molecular weight excluding hydrogens is 288 g/mol. The predicted octanol–water partition coefficient (Wildman–Crippen LogP) is 4.44. The molecule has 104 valence electrons. The lowest BCUT2D eigenvalue weighted by atomic mass is 10.1. The third-order valence-corrected chi connectivity index (χ3v) is 3.69. The van der Waals surface area contributed by atoms with Crippen molar-refractivity contribution in [2.75, 3.05) is 11.4 Å². The van der Waals surface area contributed by atoms with E-state index in [4.69, 9.17) is 29.6 Å². The van der Waals surface area contributed by atoms with E-state index in [0.29, 0.717) is 10.0 Å². The van der Waals surface area contributed by atoms with Crippen LogP contribution in [0, 0.1) is 6.92 Å². The fraction of sp³-hybridized carbons (Fsp3) is 0.188. The molecule has 0 saturated carbocycles. The highest BCUT2D eigenvalue weighted by molar-refractivity contribution is 7.80. The number of hydrogen-bond donors (Lipinski definition) is 1. The van der Waals surface area contributed by atoms with Gasteiger partial charge in [0.15, 0.2) is 0 Å². The summed E-state index contributed by atoms with van der Waals surface area (Å²) < 4.78 is 0. The van der Waals surface area contributed by atoms with Gasteiger partial charge in [-0.15, -0.1) is 0 Å². The van der Waals surface area contributed by atoms with Crippen molar-refractivity contribution in [3.63, 3.8) is 0 Å². The van der Waals surface area contributed by atoms with Gasteiger partial charge in [0.05, 0.1) is 5.69 Å². The molecule has 20 heavy (non-hydrogen) atoms. The maximum absolute atomic E-state index is 6.14. The largest absolute Gasteiger partial charge is 0.389 e. The number of nitrogens with two attached hydrogens (primary N) is 1. The second-order valence-corrected chi connectivity index (χ2v) is 5.43. The first-order valence-corrected chi connectivity index (χ1v) is 7.25. The summed E-state index contributed by atoms with van der Waals surface area (Å²) in [5, 5.41) is 0.673. The Morgan fingerprint density at radius 1 is 1.20 bits per heavy atom. The van der Waals surface area contributed by atoms with Crippen molar-refractivity contribution in [2.45, 2.75) is 13.8 Å². The average Bonchev–Trinajstić information content (AvgIpc) is 2.41. The molecule has 0 saturated heterocycles. The zero-order valence-corrected chi connectivity index (χ0v) is 13.1. The molecule has 0 aliphatic carbocycles. The van der Waals surface area contributed by atoms with E-state index in [9.17, 15) is 0 Å². The molecule has 0 aliphatic rings. The van der Waals surface area contributed by atoms with E-state index in [1.165, 1.54) is 5.56 Å². The minimum atomic E-state index is 0.378. The van der Waals surface area contributed by atoms with Crippen molar-refractivity contribution in [2.24, 2.45) is 5.73 Å².